The van der Waals surface area contributed by atoms with Crippen molar-refractivity contribution in [3.05, 3.63) is 0 Å². The number of hydrogen-bond acceptors (Lipinski definition) is 2. The van der Waals surface area contributed by atoms with E-state index in [9.17, 15) is 4.79 Å². The molecule has 2 fully saturated rings. The van der Waals surface area contributed by atoms with E-state index in [1.165, 1.54) is 38.5 Å². The molecule has 1 aliphatic heterocycles. The van der Waals surface area contributed by atoms with Crippen molar-refractivity contribution in [1.82, 2.24) is 10.6 Å². The SMILES string of the molecule is Cl.O=C(CCC1CCNC1)NCC1CCCCC1. The molecule has 1 saturated heterocycles. The summed E-state index contributed by atoms with van der Waals surface area (Å²) in [6, 6.07) is 0. The zero-order valence-electron chi connectivity index (χ0n) is 11.2. The van der Waals surface area contributed by atoms with Crippen LogP contribution < -0.4 is 10.6 Å². The van der Waals surface area contributed by atoms with E-state index in [2.05, 4.69) is 10.6 Å². The molecule has 0 spiro atoms. The average Bonchev–Trinajstić information content (AvgIpc) is 2.88. The Morgan fingerprint density at radius 1 is 1.11 bits per heavy atom. The van der Waals surface area contributed by atoms with Crippen LogP contribution in [0.15, 0.2) is 0 Å². The third kappa shape index (κ3) is 5.57. The molecule has 3 nitrogen and oxygen atoms in total. The van der Waals surface area contributed by atoms with E-state index in [-0.39, 0.29) is 18.3 Å². The van der Waals surface area contributed by atoms with Crippen LogP contribution in [0.1, 0.15) is 51.4 Å². The van der Waals surface area contributed by atoms with Crippen molar-refractivity contribution >= 4 is 18.3 Å². The summed E-state index contributed by atoms with van der Waals surface area (Å²) in [6.07, 6.45) is 9.75. The highest BCUT2D eigenvalue weighted by atomic mass is 35.5. The molecule has 0 aromatic carbocycles. The molecule has 1 unspecified atom stereocenters. The summed E-state index contributed by atoms with van der Waals surface area (Å²) in [5.41, 5.74) is 0. The van der Waals surface area contributed by atoms with Gasteiger partial charge in [-0.05, 0) is 50.6 Å². The highest BCUT2D eigenvalue weighted by Crippen LogP contribution is 2.22. The van der Waals surface area contributed by atoms with Crippen molar-refractivity contribution in [2.75, 3.05) is 19.6 Å². The Morgan fingerprint density at radius 3 is 2.56 bits per heavy atom. The number of rotatable bonds is 5. The predicted molar refractivity (Wildman–Crippen MR) is 77.0 cm³/mol. The maximum Gasteiger partial charge on any atom is 0.220 e. The second-order valence-electron chi connectivity index (χ2n) is 5.71. The Labute approximate surface area is 117 Å². The Bertz CT molecular complexity index is 236. The molecule has 1 atom stereocenters. The van der Waals surface area contributed by atoms with Gasteiger partial charge in [-0.2, -0.15) is 0 Å². The standard InChI is InChI=1S/C14H26N2O.ClH/c17-14(7-6-13-8-9-15-10-13)16-11-12-4-2-1-3-5-12;/h12-13,15H,1-11H2,(H,16,17);1H. The van der Waals surface area contributed by atoms with E-state index in [0.29, 0.717) is 0 Å². The summed E-state index contributed by atoms with van der Waals surface area (Å²) in [4.78, 5) is 11.7. The fourth-order valence-corrected chi connectivity index (χ4v) is 3.03. The first-order chi connectivity index (χ1) is 8.34. The van der Waals surface area contributed by atoms with Gasteiger partial charge in [-0.3, -0.25) is 4.79 Å². The Kier molecular flexibility index (Phi) is 7.68. The molecular weight excluding hydrogens is 248 g/mol. The summed E-state index contributed by atoms with van der Waals surface area (Å²) >= 11 is 0. The third-order valence-corrected chi connectivity index (χ3v) is 4.25. The van der Waals surface area contributed by atoms with Gasteiger partial charge >= 0.3 is 0 Å². The Balaban J connectivity index is 0.00000162. The van der Waals surface area contributed by atoms with Crippen molar-refractivity contribution < 1.29 is 4.79 Å². The van der Waals surface area contributed by atoms with Crippen molar-refractivity contribution in [2.45, 2.75) is 51.4 Å². The minimum Gasteiger partial charge on any atom is -0.356 e. The van der Waals surface area contributed by atoms with Crippen LogP contribution in [0.4, 0.5) is 0 Å². The lowest BCUT2D eigenvalue weighted by Gasteiger charge is -2.21. The van der Waals surface area contributed by atoms with Crippen LogP contribution in [-0.2, 0) is 4.79 Å². The van der Waals surface area contributed by atoms with Crippen molar-refractivity contribution in [3.63, 3.8) is 0 Å². The molecule has 0 aromatic heterocycles. The smallest absolute Gasteiger partial charge is 0.220 e. The van der Waals surface area contributed by atoms with Crippen LogP contribution in [0, 0.1) is 11.8 Å². The van der Waals surface area contributed by atoms with Crippen LogP contribution >= 0.6 is 12.4 Å². The van der Waals surface area contributed by atoms with Crippen molar-refractivity contribution in [2.24, 2.45) is 11.8 Å². The first kappa shape index (κ1) is 15.8. The van der Waals surface area contributed by atoms with Gasteiger partial charge < -0.3 is 10.6 Å². The number of nitrogens with one attached hydrogen (secondary N) is 2. The molecule has 0 radical (unpaired) electrons. The van der Waals surface area contributed by atoms with Crippen LogP contribution in [-0.4, -0.2) is 25.5 Å². The average molecular weight is 275 g/mol. The van der Waals surface area contributed by atoms with E-state index in [4.69, 9.17) is 0 Å². The van der Waals surface area contributed by atoms with E-state index in [0.717, 1.165) is 44.3 Å². The Hall–Kier alpha value is -0.280. The van der Waals surface area contributed by atoms with Crippen LogP contribution in [0.2, 0.25) is 0 Å². The van der Waals surface area contributed by atoms with E-state index in [1.54, 1.807) is 0 Å². The topological polar surface area (TPSA) is 41.1 Å². The molecule has 1 amide bonds. The molecular formula is C14H27ClN2O. The van der Waals surface area contributed by atoms with Gasteiger partial charge in [0.1, 0.15) is 0 Å². The number of hydrogen-bond donors (Lipinski definition) is 2. The van der Waals surface area contributed by atoms with Crippen LogP contribution in [0.3, 0.4) is 0 Å². The maximum atomic E-state index is 11.7. The highest BCUT2D eigenvalue weighted by Gasteiger charge is 2.17. The first-order valence-electron chi connectivity index (χ1n) is 7.32. The maximum absolute atomic E-state index is 11.7. The first-order valence-corrected chi connectivity index (χ1v) is 7.32. The molecule has 1 aliphatic carbocycles. The van der Waals surface area contributed by atoms with Crippen molar-refractivity contribution in [3.8, 4) is 0 Å². The number of halogens is 1. The fraction of sp³-hybridized carbons (Fsp3) is 0.929. The lowest BCUT2D eigenvalue weighted by atomic mass is 9.89. The molecule has 2 aliphatic rings. The summed E-state index contributed by atoms with van der Waals surface area (Å²) in [5.74, 6) is 1.75. The molecule has 2 N–H and O–H groups in total. The van der Waals surface area contributed by atoms with Gasteiger partial charge in [0.15, 0.2) is 0 Å². The number of carbonyl (C=O) groups is 1. The molecule has 2 rings (SSSR count). The lowest BCUT2D eigenvalue weighted by Crippen LogP contribution is -2.30. The highest BCUT2D eigenvalue weighted by molar-refractivity contribution is 5.85. The van der Waals surface area contributed by atoms with Crippen molar-refractivity contribution in [1.29, 1.82) is 0 Å². The largest absolute Gasteiger partial charge is 0.356 e. The second kappa shape index (κ2) is 8.76. The van der Waals surface area contributed by atoms with Gasteiger partial charge in [0.05, 0.1) is 0 Å². The summed E-state index contributed by atoms with van der Waals surface area (Å²) < 4.78 is 0. The molecule has 18 heavy (non-hydrogen) atoms. The monoisotopic (exact) mass is 274 g/mol. The summed E-state index contributed by atoms with van der Waals surface area (Å²) in [5, 5.41) is 6.47. The molecule has 0 bridgehead atoms. The summed E-state index contributed by atoms with van der Waals surface area (Å²) in [6.45, 7) is 3.16. The molecule has 0 aromatic rings. The molecule has 4 heteroatoms. The minimum absolute atomic E-state index is 0. The Morgan fingerprint density at radius 2 is 1.89 bits per heavy atom. The molecule has 106 valence electrons. The number of amides is 1. The quantitative estimate of drug-likeness (QED) is 0.809. The van der Waals surface area contributed by atoms with Gasteiger partial charge in [-0.25, -0.2) is 0 Å². The second-order valence-corrected chi connectivity index (χ2v) is 5.71. The zero-order chi connectivity index (χ0) is 11.9. The third-order valence-electron chi connectivity index (χ3n) is 4.25. The zero-order valence-corrected chi connectivity index (χ0v) is 12.1. The normalized spacial score (nSPS) is 24.6. The van der Waals surface area contributed by atoms with Crippen LogP contribution in [0.25, 0.3) is 0 Å². The van der Waals surface area contributed by atoms with Gasteiger partial charge in [0.2, 0.25) is 5.91 Å². The minimum atomic E-state index is 0. The van der Waals surface area contributed by atoms with Gasteiger partial charge in [-0.1, -0.05) is 19.3 Å². The van der Waals surface area contributed by atoms with Gasteiger partial charge in [-0.15, -0.1) is 12.4 Å². The van der Waals surface area contributed by atoms with E-state index < -0.39 is 0 Å². The predicted octanol–water partition coefficient (Wildman–Crippen LogP) is 2.49. The number of carbonyl (C=O) groups excluding carboxylic acids is 1. The van der Waals surface area contributed by atoms with E-state index in [1.807, 2.05) is 0 Å². The summed E-state index contributed by atoms with van der Waals surface area (Å²) in [7, 11) is 0. The molecule has 1 saturated carbocycles. The van der Waals surface area contributed by atoms with Gasteiger partial charge in [0, 0.05) is 13.0 Å². The van der Waals surface area contributed by atoms with E-state index >= 15 is 0 Å². The fourth-order valence-electron chi connectivity index (χ4n) is 3.03. The van der Waals surface area contributed by atoms with Gasteiger partial charge in [0.25, 0.3) is 0 Å². The van der Waals surface area contributed by atoms with Crippen LogP contribution in [0.5, 0.6) is 0 Å². The molecule has 1 heterocycles. The lowest BCUT2D eigenvalue weighted by molar-refractivity contribution is -0.121.